The number of piperazine rings is 1. The van der Waals surface area contributed by atoms with Crippen LogP contribution in [0, 0.1) is 0 Å². The van der Waals surface area contributed by atoms with E-state index in [0.29, 0.717) is 12.0 Å². The number of hydrogen-bond donors (Lipinski definition) is 1. The number of rotatable bonds is 9. The Labute approximate surface area is 261 Å². The van der Waals surface area contributed by atoms with E-state index in [1.54, 1.807) is 0 Å². The van der Waals surface area contributed by atoms with Crippen molar-refractivity contribution in [1.82, 2.24) is 19.4 Å². The van der Waals surface area contributed by atoms with Gasteiger partial charge in [-0.3, -0.25) is 9.80 Å². The van der Waals surface area contributed by atoms with Gasteiger partial charge >= 0.3 is 0 Å². The molecule has 0 unspecified atom stereocenters. The molecule has 0 amide bonds. The summed E-state index contributed by atoms with van der Waals surface area (Å²) in [5, 5.41) is 3.76. The lowest BCUT2D eigenvalue weighted by Gasteiger charge is -2.38. The van der Waals surface area contributed by atoms with Gasteiger partial charge in [0.15, 0.2) is 0 Å². The number of nitrogens with one attached hydrogen (secondary N) is 1. The number of imidazole rings is 1. The SMILES string of the molecule is CC(C)N1CCN(c2ccc(-c3cc(NCc4ccc(CN5CCOCC5)cc4)c4nc(C5COC5)n(C)c4c3)cc2)CC1. The zero-order chi connectivity index (χ0) is 30.0. The quantitative estimate of drug-likeness (QED) is 0.281. The molecule has 3 aliphatic heterocycles. The van der Waals surface area contributed by atoms with Crippen molar-refractivity contribution in [2.45, 2.75) is 38.9 Å². The van der Waals surface area contributed by atoms with Crippen molar-refractivity contribution in [1.29, 1.82) is 0 Å². The molecule has 0 radical (unpaired) electrons. The Bertz CT molecular complexity index is 1550. The van der Waals surface area contributed by atoms with Crippen LogP contribution in [0.25, 0.3) is 22.2 Å². The van der Waals surface area contributed by atoms with Crippen LogP contribution in [0.4, 0.5) is 11.4 Å². The van der Waals surface area contributed by atoms with Crippen LogP contribution in [0.3, 0.4) is 0 Å². The summed E-state index contributed by atoms with van der Waals surface area (Å²) in [4.78, 5) is 12.7. The molecule has 4 heterocycles. The number of anilines is 2. The molecule has 232 valence electrons. The van der Waals surface area contributed by atoms with Crippen LogP contribution in [0.2, 0.25) is 0 Å². The number of ether oxygens (including phenoxy) is 2. The molecule has 0 saturated carbocycles. The van der Waals surface area contributed by atoms with Crippen LogP contribution < -0.4 is 10.2 Å². The standard InChI is InChI=1S/C36H46N6O2/c1-26(2)41-12-14-42(15-13-41)32-10-8-29(9-11-32)30-20-33(35-34(21-30)39(3)36(38-35)31-24-44-25-31)37-22-27-4-6-28(7-5-27)23-40-16-18-43-19-17-40/h4-11,20-21,26,31,37H,12-19,22-25H2,1-3H3. The fraction of sp³-hybridized carbons (Fsp3) is 0.472. The summed E-state index contributed by atoms with van der Waals surface area (Å²) >= 11 is 0. The van der Waals surface area contributed by atoms with Gasteiger partial charge in [-0.25, -0.2) is 4.98 Å². The Morgan fingerprint density at radius 2 is 1.52 bits per heavy atom. The lowest BCUT2D eigenvalue weighted by molar-refractivity contribution is 0.00400. The van der Waals surface area contributed by atoms with Crippen LogP contribution in [0.15, 0.2) is 60.7 Å². The highest BCUT2D eigenvalue weighted by atomic mass is 16.5. The second-order valence-corrected chi connectivity index (χ2v) is 12.9. The van der Waals surface area contributed by atoms with Crippen molar-refractivity contribution in [3.05, 3.63) is 77.6 Å². The molecule has 0 bridgehead atoms. The van der Waals surface area contributed by atoms with Gasteiger partial charge in [-0.2, -0.15) is 0 Å². The van der Waals surface area contributed by atoms with Gasteiger partial charge < -0.3 is 24.3 Å². The second-order valence-electron chi connectivity index (χ2n) is 12.9. The molecule has 0 atom stereocenters. The summed E-state index contributed by atoms with van der Waals surface area (Å²) in [6, 6.07) is 23.3. The van der Waals surface area contributed by atoms with E-state index in [2.05, 4.69) is 106 Å². The molecule has 0 aliphatic carbocycles. The van der Waals surface area contributed by atoms with Crippen LogP contribution in [-0.4, -0.2) is 91.1 Å². The normalized spacial score (nSPS) is 18.7. The summed E-state index contributed by atoms with van der Waals surface area (Å²) in [5.74, 6) is 1.47. The fourth-order valence-corrected chi connectivity index (χ4v) is 6.70. The molecule has 4 aromatic rings. The Balaban J connectivity index is 1.11. The zero-order valence-electron chi connectivity index (χ0n) is 26.5. The minimum atomic E-state index is 0.359. The van der Waals surface area contributed by atoms with Gasteiger partial charge in [-0.1, -0.05) is 36.4 Å². The molecule has 7 rings (SSSR count). The Kier molecular flexibility index (Phi) is 8.58. The number of benzene rings is 3. The van der Waals surface area contributed by atoms with E-state index in [4.69, 9.17) is 14.5 Å². The average Bonchev–Trinajstić information content (AvgIpc) is 3.35. The predicted molar refractivity (Wildman–Crippen MR) is 178 cm³/mol. The van der Waals surface area contributed by atoms with Gasteiger partial charge in [0.2, 0.25) is 0 Å². The smallest absolute Gasteiger partial charge is 0.117 e. The van der Waals surface area contributed by atoms with Gasteiger partial charge in [-0.05, 0) is 60.4 Å². The molecule has 3 saturated heterocycles. The maximum atomic E-state index is 5.52. The van der Waals surface area contributed by atoms with Crippen LogP contribution in [-0.2, 0) is 29.6 Å². The largest absolute Gasteiger partial charge is 0.380 e. The van der Waals surface area contributed by atoms with E-state index in [1.807, 2.05) is 0 Å². The van der Waals surface area contributed by atoms with Gasteiger partial charge in [0, 0.05) is 71.1 Å². The van der Waals surface area contributed by atoms with Gasteiger partial charge in [0.1, 0.15) is 11.3 Å². The first-order valence-electron chi connectivity index (χ1n) is 16.3. The van der Waals surface area contributed by atoms with Crippen molar-refractivity contribution in [3.8, 4) is 11.1 Å². The first-order chi connectivity index (χ1) is 21.5. The summed E-state index contributed by atoms with van der Waals surface area (Å²) in [6.07, 6.45) is 0. The molecule has 1 aromatic heterocycles. The third-order valence-corrected chi connectivity index (χ3v) is 9.65. The number of hydrogen-bond acceptors (Lipinski definition) is 7. The second kappa shape index (κ2) is 12.9. The molecule has 1 N–H and O–H groups in total. The van der Waals surface area contributed by atoms with Crippen LogP contribution >= 0.6 is 0 Å². The molecule has 8 heteroatoms. The van der Waals surface area contributed by atoms with Crippen LogP contribution in [0.5, 0.6) is 0 Å². The highest BCUT2D eigenvalue weighted by Gasteiger charge is 2.27. The van der Waals surface area contributed by atoms with Crippen molar-refractivity contribution >= 4 is 22.4 Å². The number of aromatic nitrogens is 2. The minimum Gasteiger partial charge on any atom is -0.380 e. The van der Waals surface area contributed by atoms with Crippen LogP contribution in [0.1, 0.15) is 36.7 Å². The van der Waals surface area contributed by atoms with E-state index in [1.165, 1.54) is 27.9 Å². The summed E-state index contributed by atoms with van der Waals surface area (Å²) in [6.45, 7) is 15.9. The Morgan fingerprint density at radius 3 is 2.18 bits per heavy atom. The van der Waals surface area contributed by atoms with Crippen molar-refractivity contribution < 1.29 is 9.47 Å². The summed E-state index contributed by atoms with van der Waals surface area (Å²) in [5.41, 5.74) is 9.61. The average molecular weight is 595 g/mol. The lowest BCUT2D eigenvalue weighted by atomic mass is 10.0. The molecule has 3 fully saturated rings. The number of fused-ring (bicyclic) bond motifs is 1. The topological polar surface area (TPSA) is 58.0 Å². The molecular formula is C36H46N6O2. The molecular weight excluding hydrogens is 548 g/mol. The first-order valence-corrected chi connectivity index (χ1v) is 16.3. The highest BCUT2D eigenvalue weighted by molar-refractivity contribution is 5.94. The first kappa shape index (κ1) is 29.3. The molecule has 3 aromatic carbocycles. The number of nitrogens with zero attached hydrogens (tertiary/aromatic N) is 5. The molecule has 8 nitrogen and oxygen atoms in total. The molecule has 0 spiro atoms. The maximum absolute atomic E-state index is 5.52. The Hall–Kier alpha value is -3.43. The van der Waals surface area contributed by atoms with Gasteiger partial charge in [0.05, 0.1) is 43.5 Å². The van der Waals surface area contributed by atoms with Crippen molar-refractivity contribution in [3.63, 3.8) is 0 Å². The summed E-state index contributed by atoms with van der Waals surface area (Å²) in [7, 11) is 2.14. The lowest BCUT2D eigenvalue weighted by Crippen LogP contribution is -2.48. The third kappa shape index (κ3) is 6.22. The fourth-order valence-electron chi connectivity index (χ4n) is 6.70. The third-order valence-electron chi connectivity index (χ3n) is 9.65. The van der Waals surface area contributed by atoms with E-state index in [9.17, 15) is 0 Å². The van der Waals surface area contributed by atoms with Gasteiger partial charge in [0.25, 0.3) is 0 Å². The number of morpholine rings is 1. The predicted octanol–water partition coefficient (Wildman–Crippen LogP) is 5.33. The molecule has 3 aliphatic rings. The van der Waals surface area contributed by atoms with E-state index in [0.717, 1.165) is 101 Å². The Morgan fingerprint density at radius 1 is 0.818 bits per heavy atom. The van der Waals surface area contributed by atoms with Crippen molar-refractivity contribution in [2.75, 3.05) is 75.9 Å². The minimum absolute atomic E-state index is 0.359. The van der Waals surface area contributed by atoms with E-state index in [-0.39, 0.29) is 0 Å². The van der Waals surface area contributed by atoms with E-state index < -0.39 is 0 Å². The van der Waals surface area contributed by atoms with Gasteiger partial charge in [-0.15, -0.1) is 0 Å². The van der Waals surface area contributed by atoms with Crippen molar-refractivity contribution in [2.24, 2.45) is 7.05 Å². The molecule has 44 heavy (non-hydrogen) atoms. The van der Waals surface area contributed by atoms with E-state index >= 15 is 0 Å². The monoisotopic (exact) mass is 594 g/mol. The number of aryl methyl sites for hydroxylation is 1. The zero-order valence-corrected chi connectivity index (χ0v) is 26.5. The summed E-state index contributed by atoms with van der Waals surface area (Å²) < 4.78 is 13.3. The maximum Gasteiger partial charge on any atom is 0.117 e. The highest BCUT2D eigenvalue weighted by Crippen LogP contribution is 2.35.